The minimum atomic E-state index is -0.143. The standard InChI is InChI=1S/C26H23ClN2OS/c1-17-18(2)31-26(29-25(30)20-9-5-3-6-10-20)23(17)24(19-13-15-21(27)16-14-19)28-22-11-7-4-8-12-22/h3-16,24,28H,1-2H3,(H,29,30)/t24-/m1/s1. The highest BCUT2D eigenvalue weighted by Crippen LogP contribution is 2.41. The predicted octanol–water partition coefficient (Wildman–Crippen LogP) is 7.47. The molecule has 1 amide bonds. The number of benzene rings is 3. The van der Waals surface area contributed by atoms with Crippen molar-refractivity contribution in [1.29, 1.82) is 0 Å². The minimum Gasteiger partial charge on any atom is -0.374 e. The van der Waals surface area contributed by atoms with Gasteiger partial charge in [-0.15, -0.1) is 11.3 Å². The number of hydrogen-bond acceptors (Lipinski definition) is 3. The van der Waals surface area contributed by atoms with Crippen molar-refractivity contribution in [3.05, 3.63) is 117 Å². The Morgan fingerprint density at radius 2 is 1.48 bits per heavy atom. The molecule has 5 heteroatoms. The summed E-state index contributed by atoms with van der Waals surface area (Å²) in [6.07, 6.45) is 0. The zero-order chi connectivity index (χ0) is 21.8. The van der Waals surface area contributed by atoms with Crippen molar-refractivity contribution < 1.29 is 4.79 Å². The van der Waals surface area contributed by atoms with Gasteiger partial charge in [0, 0.05) is 26.7 Å². The van der Waals surface area contributed by atoms with Crippen molar-refractivity contribution in [3.63, 3.8) is 0 Å². The Bertz CT molecular complexity index is 1170. The molecule has 1 atom stereocenters. The maximum Gasteiger partial charge on any atom is 0.256 e. The highest BCUT2D eigenvalue weighted by atomic mass is 35.5. The third-order valence-electron chi connectivity index (χ3n) is 5.27. The molecule has 0 radical (unpaired) electrons. The summed E-state index contributed by atoms with van der Waals surface area (Å²) in [7, 11) is 0. The van der Waals surface area contributed by atoms with Crippen LogP contribution in [0.5, 0.6) is 0 Å². The summed E-state index contributed by atoms with van der Waals surface area (Å²) in [4.78, 5) is 14.1. The van der Waals surface area contributed by atoms with Crippen molar-refractivity contribution in [2.45, 2.75) is 19.9 Å². The Kier molecular flexibility index (Phi) is 6.40. The van der Waals surface area contributed by atoms with Crippen molar-refractivity contribution in [2.24, 2.45) is 0 Å². The van der Waals surface area contributed by atoms with Crippen molar-refractivity contribution >= 4 is 39.5 Å². The van der Waals surface area contributed by atoms with Crippen LogP contribution in [0.25, 0.3) is 0 Å². The molecular formula is C26H23ClN2OS. The molecule has 3 aromatic carbocycles. The monoisotopic (exact) mass is 446 g/mol. The molecule has 31 heavy (non-hydrogen) atoms. The van der Waals surface area contributed by atoms with Crippen LogP contribution in [0.1, 0.15) is 38.0 Å². The van der Waals surface area contributed by atoms with E-state index in [1.807, 2.05) is 84.9 Å². The number of hydrogen-bond donors (Lipinski definition) is 2. The third-order valence-corrected chi connectivity index (χ3v) is 6.66. The average molecular weight is 447 g/mol. The van der Waals surface area contributed by atoms with E-state index < -0.39 is 0 Å². The van der Waals surface area contributed by atoms with Gasteiger partial charge in [0.15, 0.2) is 0 Å². The van der Waals surface area contributed by atoms with Crippen LogP contribution in [0, 0.1) is 13.8 Å². The van der Waals surface area contributed by atoms with Gasteiger partial charge in [0.1, 0.15) is 5.00 Å². The van der Waals surface area contributed by atoms with E-state index in [0.29, 0.717) is 10.6 Å². The zero-order valence-electron chi connectivity index (χ0n) is 17.4. The Morgan fingerprint density at radius 3 is 2.13 bits per heavy atom. The molecule has 0 bridgehead atoms. The maximum absolute atomic E-state index is 12.9. The summed E-state index contributed by atoms with van der Waals surface area (Å²) in [5, 5.41) is 8.35. The Labute approximate surface area is 191 Å². The molecule has 156 valence electrons. The SMILES string of the molecule is Cc1sc(NC(=O)c2ccccc2)c([C@H](Nc2ccccc2)c2ccc(Cl)cc2)c1C. The quantitative estimate of drug-likeness (QED) is 0.322. The molecule has 0 saturated heterocycles. The van der Waals surface area contributed by atoms with Crippen LogP contribution in [0.4, 0.5) is 10.7 Å². The number of para-hydroxylation sites is 1. The van der Waals surface area contributed by atoms with Gasteiger partial charge in [0.25, 0.3) is 5.91 Å². The molecule has 1 heterocycles. The molecule has 0 aliphatic rings. The van der Waals surface area contributed by atoms with Crippen LogP contribution in [0.15, 0.2) is 84.9 Å². The fraction of sp³-hybridized carbons (Fsp3) is 0.115. The second-order valence-electron chi connectivity index (χ2n) is 7.34. The first kappa shape index (κ1) is 21.2. The van der Waals surface area contributed by atoms with Crippen LogP contribution in [0.3, 0.4) is 0 Å². The second kappa shape index (κ2) is 9.38. The lowest BCUT2D eigenvalue weighted by atomic mass is 9.96. The first-order valence-corrected chi connectivity index (χ1v) is 11.3. The Balaban J connectivity index is 1.77. The van der Waals surface area contributed by atoms with Crippen LogP contribution >= 0.6 is 22.9 Å². The van der Waals surface area contributed by atoms with Crippen molar-refractivity contribution in [1.82, 2.24) is 0 Å². The number of halogens is 1. The molecule has 0 spiro atoms. The predicted molar refractivity (Wildman–Crippen MR) is 132 cm³/mol. The summed E-state index contributed by atoms with van der Waals surface area (Å²) < 4.78 is 0. The number of rotatable bonds is 6. The molecule has 1 aromatic heterocycles. The topological polar surface area (TPSA) is 41.1 Å². The summed E-state index contributed by atoms with van der Waals surface area (Å²) in [6, 6.07) is 27.1. The molecule has 3 nitrogen and oxygen atoms in total. The summed E-state index contributed by atoms with van der Waals surface area (Å²) >= 11 is 7.75. The number of carbonyl (C=O) groups excluding carboxylic acids is 1. The van der Waals surface area contributed by atoms with Crippen LogP contribution in [0.2, 0.25) is 5.02 Å². The molecular weight excluding hydrogens is 424 g/mol. The number of anilines is 2. The van der Waals surface area contributed by atoms with Gasteiger partial charge in [-0.3, -0.25) is 4.79 Å². The van der Waals surface area contributed by atoms with E-state index in [1.165, 1.54) is 4.88 Å². The lowest BCUT2D eigenvalue weighted by Crippen LogP contribution is -2.17. The van der Waals surface area contributed by atoms with Crippen LogP contribution in [-0.4, -0.2) is 5.91 Å². The van der Waals surface area contributed by atoms with Gasteiger partial charge in [0.05, 0.1) is 6.04 Å². The lowest BCUT2D eigenvalue weighted by molar-refractivity contribution is 0.102. The van der Waals surface area contributed by atoms with Gasteiger partial charge in [-0.1, -0.05) is 60.1 Å². The van der Waals surface area contributed by atoms with E-state index in [1.54, 1.807) is 11.3 Å². The van der Waals surface area contributed by atoms with Gasteiger partial charge in [-0.2, -0.15) is 0 Å². The van der Waals surface area contributed by atoms with Gasteiger partial charge >= 0.3 is 0 Å². The highest BCUT2D eigenvalue weighted by molar-refractivity contribution is 7.16. The summed E-state index contributed by atoms with van der Waals surface area (Å²) in [5.41, 5.74) is 4.95. The van der Waals surface area contributed by atoms with Gasteiger partial charge < -0.3 is 10.6 Å². The van der Waals surface area contributed by atoms with E-state index in [-0.39, 0.29) is 11.9 Å². The molecule has 0 aliphatic carbocycles. The molecule has 4 rings (SSSR count). The molecule has 2 N–H and O–H groups in total. The van der Waals surface area contributed by atoms with Gasteiger partial charge in [-0.05, 0) is 61.4 Å². The van der Waals surface area contributed by atoms with E-state index in [4.69, 9.17) is 11.6 Å². The fourth-order valence-corrected chi connectivity index (χ4v) is 4.75. The molecule has 0 fully saturated rings. The first-order valence-electron chi connectivity index (χ1n) is 10.1. The Hall–Kier alpha value is -3.08. The number of nitrogens with one attached hydrogen (secondary N) is 2. The second-order valence-corrected chi connectivity index (χ2v) is 9.00. The van der Waals surface area contributed by atoms with Crippen molar-refractivity contribution in [2.75, 3.05) is 10.6 Å². The van der Waals surface area contributed by atoms with E-state index in [9.17, 15) is 4.79 Å². The smallest absolute Gasteiger partial charge is 0.256 e. The highest BCUT2D eigenvalue weighted by Gasteiger charge is 2.25. The third kappa shape index (κ3) is 4.82. The normalized spacial score (nSPS) is 11.7. The van der Waals surface area contributed by atoms with Crippen LogP contribution in [-0.2, 0) is 0 Å². The van der Waals surface area contributed by atoms with E-state index in [2.05, 4.69) is 24.5 Å². The largest absolute Gasteiger partial charge is 0.374 e. The van der Waals surface area contributed by atoms with Crippen LogP contribution < -0.4 is 10.6 Å². The molecule has 0 saturated carbocycles. The Morgan fingerprint density at radius 1 is 0.871 bits per heavy atom. The number of aryl methyl sites for hydroxylation is 1. The van der Waals surface area contributed by atoms with E-state index >= 15 is 0 Å². The molecule has 4 aromatic rings. The fourth-order valence-electron chi connectivity index (χ4n) is 3.53. The number of carbonyl (C=O) groups is 1. The lowest BCUT2D eigenvalue weighted by Gasteiger charge is -2.23. The summed E-state index contributed by atoms with van der Waals surface area (Å²) in [5.74, 6) is -0.113. The van der Waals surface area contributed by atoms with Gasteiger partial charge in [0.2, 0.25) is 0 Å². The number of amides is 1. The average Bonchev–Trinajstić information content (AvgIpc) is 3.07. The van der Waals surface area contributed by atoms with E-state index in [0.717, 1.165) is 27.4 Å². The van der Waals surface area contributed by atoms with Crippen molar-refractivity contribution in [3.8, 4) is 0 Å². The maximum atomic E-state index is 12.9. The zero-order valence-corrected chi connectivity index (χ0v) is 18.9. The van der Waals surface area contributed by atoms with Gasteiger partial charge in [-0.25, -0.2) is 0 Å². The number of thiophene rings is 1. The molecule has 0 unspecified atom stereocenters. The first-order chi connectivity index (χ1) is 15.0. The summed E-state index contributed by atoms with van der Waals surface area (Å²) in [6.45, 7) is 4.19. The molecule has 0 aliphatic heterocycles. The minimum absolute atomic E-state index is 0.113.